The topological polar surface area (TPSA) is 49.8 Å². The third kappa shape index (κ3) is 0.796. The van der Waals surface area contributed by atoms with Crippen LogP contribution in [0.15, 0.2) is 29.8 Å². The van der Waals surface area contributed by atoms with Crippen LogP contribution in [-0.2, 0) is 0 Å². The molecule has 0 amide bonds. The van der Waals surface area contributed by atoms with Crippen LogP contribution in [0.3, 0.4) is 0 Å². The third-order valence-corrected chi connectivity index (χ3v) is 2.81. The summed E-state index contributed by atoms with van der Waals surface area (Å²) in [5.74, 6) is 0.591. The van der Waals surface area contributed by atoms with Gasteiger partial charge in [-0.15, -0.1) is 0 Å². The molecule has 62 valence electrons. The van der Waals surface area contributed by atoms with E-state index in [-0.39, 0.29) is 0 Å². The zero-order valence-electron chi connectivity index (χ0n) is 6.99. The van der Waals surface area contributed by atoms with Crippen molar-refractivity contribution in [2.24, 2.45) is 11.7 Å². The van der Waals surface area contributed by atoms with Crippen molar-refractivity contribution in [1.29, 1.82) is 5.26 Å². The fraction of sp³-hybridized carbons (Fsp3) is 0.182. The van der Waals surface area contributed by atoms with Crippen molar-refractivity contribution in [1.82, 2.24) is 0 Å². The van der Waals surface area contributed by atoms with Crippen molar-refractivity contribution >= 4 is 5.57 Å². The molecule has 0 bridgehead atoms. The molecule has 0 saturated heterocycles. The van der Waals surface area contributed by atoms with E-state index < -0.39 is 0 Å². The lowest BCUT2D eigenvalue weighted by Gasteiger charge is -2.00. The molecule has 3 rings (SSSR count). The van der Waals surface area contributed by atoms with Gasteiger partial charge in [-0.05, 0) is 28.8 Å². The zero-order valence-corrected chi connectivity index (χ0v) is 6.99. The second-order valence-corrected chi connectivity index (χ2v) is 3.56. The molecule has 2 atom stereocenters. The first-order valence-corrected chi connectivity index (χ1v) is 4.33. The Hall–Kier alpha value is -1.59. The molecule has 0 heterocycles. The molecule has 1 aromatic rings. The van der Waals surface area contributed by atoms with Gasteiger partial charge in [-0.2, -0.15) is 5.26 Å². The molecular weight excluding hydrogens is 160 g/mol. The summed E-state index contributed by atoms with van der Waals surface area (Å²) in [4.78, 5) is 0. The molecule has 2 heteroatoms. The highest BCUT2D eigenvalue weighted by molar-refractivity contribution is 5.97. The number of nitriles is 1. The van der Waals surface area contributed by atoms with Gasteiger partial charge in [-0.3, -0.25) is 0 Å². The van der Waals surface area contributed by atoms with E-state index >= 15 is 0 Å². The molecule has 0 spiro atoms. The van der Waals surface area contributed by atoms with Crippen molar-refractivity contribution < 1.29 is 0 Å². The number of rotatable bonds is 1. The predicted octanol–water partition coefficient (Wildman–Crippen LogP) is 1.28. The SMILES string of the molecule is N#Cc1ccc(C2=C3C(N)[C@H]23)cc1. The van der Waals surface area contributed by atoms with E-state index in [1.54, 1.807) is 0 Å². The molecule has 2 N–H and O–H groups in total. The summed E-state index contributed by atoms with van der Waals surface area (Å²) < 4.78 is 0. The van der Waals surface area contributed by atoms with Crippen LogP contribution in [0, 0.1) is 17.2 Å². The smallest absolute Gasteiger partial charge is 0.0991 e. The van der Waals surface area contributed by atoms with Crippen LogP contribution in [-0.4, -0.2) is 6.04 Å². The molecule has 0 aromatic heterocycles. The van der Waals surface area contributed by atoms with Crippen LogP contribution >= 0.6 is 0 Å². The Morgan fingerprint density at radius 1 is 1.23 bits per heavy atom. The standard InChI is InChI=1S/C11H8N2/c12-5-6-1-3-7(4-2-6)8-9-10(8)11(9)13/h1-4,9,11H,13H2/t9-,11?/m1/s1. The van der Waals surface area contributed by atoms with Crippen LogP contribution in [0.5, 0.6) is 0 Å². The number of benzene rings is 1. The summed E-state index contributed by atoms with van der Waals surface area (Å²) in [6.45, 7) is 0. The number of nitrogens with two attached hydrogens (primary N) is 1. The van der Waals surface area contributed by atoms with Crippen molar-refractivity contribution in [2.45, 2.75) is 6.04 Å². The normalized spacial score (nSPS) is 28.0. The lowest BCUT2D eigenvalue weighted by atomic mass is 10.1. The van der Waals surface area contributed by atoms with Crippen molar-refractivity contribution in [3.8, 4) is 6.07 Å². The van der Waals surface area contributed by atoms with E-state index in [1.807, 2.05) is 24.3 Å². The van der Waals surface area contributed by atoms with Gasteiger partial charge in [0.25, 0.3) is 0 Å². The fourth-order valence-corrected chi connectivity index (χ4v) is 1.87. The first kappa shape index (κ1) is 6.88. The van der Waals surface area contributed by atoms with Gasteiger partial charge in [0.05, 0.1) is 11.6 Å². The van der Waals surface area contributed by atoms with Gasteiger partial charge >= 0.3 is 0 Å². The maximum absolute atomic E-state index is 8.60. The van der Waals surface area contributed by atoms with E-state index in [0.717, 1.165) is 0 Å². The molecule has 2 aliphatic carbocycles. The van der Waals surface area contributed by atoms with Gasteiger partial charge in [0.1, 0.15) is 0 Å². The molecular formula is C11H8N2. The number of hydrogen-bond donors (Lipinski definition) is 1. The van der Waals surface area contributed by atoms with Crippen LogP contribution in [0.1, 0.15) is 11.1 Å². The average molecular weight is 168 g/mol. The minimum Gasteiger partial charge on any atom is -0.323 e. The van der Waals surface area contributed by atoms with Crippen LogP contribution in [0.4, 0.5) is 0 Å². The Balaban J connectivity index is 1.94. The Morgan fingerprint density at radius 2 is 1.85 bits per heavy atom. The summed E-state index contributed by atoms with van der Waals surface area (Å²) >= 11 is 0. The highest BCUT2D eigenvalue weighted by Crippen LogP contribution is 2.65. The molecule has 2 aliphatic rings. The van der Waals surface area contributed by atoms with E-state index in [0.29, 0.717) is 17.5 Å². The minimum atomic E-state index is 0.352. The first-order valence-electron chi connectivity index (χ1n) is 4.33. The number of nitrogens with zero attached hydrogens (tertiary/aromatic N) is 1. The Bertz CT molecular complexity index is 448. The molecule has 0 radical (unpaired) electrons. The first-order chi connectivity index (χ1) is 6.33. The summed E-state index contributed by atoms with van der Waals surface area (Å²) in [7, 11) is 0. The van der Waals surface area contributed by atoms with Gasteiger partial charge in [0, 0.05) is 12.0 Å². The largest absolute Gasteiger partial charge is 0.323 e. The van der Waals surface area contributed by atoms with E-state index in [2.05, 4.69) is 6.07 Å². The van der Waals surface area contributed by atoms with Crippen molar-refractivity contribution in [2.75, 3.05) is 0 Å². The molecule has 1 unspecified atom stereocenters. The van der Waals surface area contributed by atoms with Gasteiger partial charge in [0.2, 0.25) is 0 Å². The Kier molecular flexibility index (Phi) is 1.06. The van der Waals surface area contributed by atoms with Crippen LogP contribution in [0.25, 0.3) is 5.57 Å². The molecule has 1 fully saturated rings. The van der Waals surface area contributed by atoms with Gasteiger partial charge in [0.15, 0.2) is 0 Å². The van der Waals surface area contributed by atoms with E-state index in [1.165, 1.54) is 16.7 Å². The zero-order chi connectivity index (χ0) is 9.00. The third-order valence-electron chi connectivity index (χ3n) is 2.81. The van der Waals surface area contributed by atoms with Gasteiger partial charge in [-0.25, -0.2) is 0 Å². The van der Waals surface area contributed by atoms with Gasteiger partial charge < -0.3 is 5.73 Å². The average Bonchev–Trinajstić information content (AvgIpc) is 3.05. The quantitative estimate of drug-likeness (QED) is 0.686. The number of fused-ring (bicyclic) bond motifs is 1. The second-order valence-electron chi connectivity index (χ2n) is 3.56. The van der Waals surface area contributed by atoms with Crippen LogP contribution in [0.2, 0.25) is 0 Å². The van der Waals surface area contributed by atoms with E-state index in [9.17, 15) is 0 Å². The highest BCUT2D eigenvalue weighted by atomic mass is 14.8. The number of hydrogen-bond acceptors (Lipinski definition) is 2. The van der Waals surface area contributed by atoms with Crippen molar-refractivity contribution in [3.05, 3.63) is 41.0 Å². The van der Waals surface area contributed by atoms with E-state index in [4.69, 9.17) is 11.0 Å². The summed E-state index contributed by atoms with van der Waals surface area (Å²) in [6, 6.07) is 10.2. The lowest BCUT2D eigenvalue weighted by molar-refractivity contribution is 0.982. The summed E-state index contributed by atoms with van der Waals surface area (Å²) in [5.41, 5.74) is 10.5. The molecule has 1 saturated carbocycles. The molecule has 0 aliphatic heterocycles. The van der Waals surface area contributed by atoms with Crippen molar-refractivity contribution in [3.63, 3.8) is 0 Å². The molecule has 2 nitrogen and oxygen atoms in total. The predicted molar refractivity (Wildman–Crippen MR) is 49.5 cm³/mol. The monoisotopic (exact) mass is 168 g/mol. The highest BCUT2D eigenvalue weighted by Gasteiger charge is 2.59. The van der Waals surface area contributed by atoms with Crippen LogP contribution < -0.4 is 5.73 Å². The fourth-order valence-electron chi connectivity index (χ4n) is 1.87. The Labute approximate surface area is 76.3 Å². The van der Waals surface area contributed by atoms with Gasteiger partial charge in [-0.1, -0.05) is 12.1 Å². The lowest BCUT2D eigenvalue weighted by Crippen LogP contribution is -2.07. The molecule has 13 heavy (non-hydrogen) atoms. The summed E-state index contributed by atoms with van der Waals surface area (Å²) in [5, 5.41) is 8.60. The maximum atomic E-state index is 8.60. The maximum Gasteiger partial charge on any atom is 0.0991 e. The molecule has 1 aromatic carbocycles. The Morgan fingerprint density at radius 3 is 2.31 bits per heavy atom. The second kappa shape index (κ2) is 2.01. The minimum absolute atomic E-state index is 0.352. The summed E-state index contributed by atoms with van der Waals surface area (Å²) in [6.07, 6.45) is 0.